The molecule has 3 aliphatic rings. The molecule has 0 N–H and O–H groups in total. The van der Waals surface area contributed by atoms with Crippen LogP contribution in [-0.4, -0.2) is 11.3 Å². The molecule has 11 rings (SSSR count). The molecule has 0 spiro atoms. The van der Waals surface area contributed by atoms with E-state index >= 15 is 0 Å². The van der Waals surface area contributed by atoms with Crippen LogP contribution in [0.5, 0.6) is 23.0 Å². The van der Waals surface area contributed by atoms with Crippen molar-refractivity contribution in [3.63, 3.8) is 0 Å². The van der Waals surface area contributed by atoms with E-state index in [9.17, 15) is 0 Å². The van der Waals surface area contributed by atoms with Gasteiger partial charge in [0.1, 0.15) is 0 Å². The number of anilines is 6. The number of benzene rings is 7. The summed E-state index contributed by atoms with van der Waals surface area (Å²) in [5.41, 5.74) is 16.8. The molecule has 1 aromatic heterocycles. The predicted molar refractivity (Wildman–Crippen MR) is 260 cm³/mol. The van der Waals surface area contributed by atoms with Crippen molar-refractivity contribution in [2.24, 2.45) is 0 Å². The molecule has 0 unspecified atom stereocenters. The van der Waals surface area contributed by atoms with Crippen molar-refractivity contribution < 1.29 is 9.47 Å². The van der Waals surface area contributed by atoms with Crippen LogP contribution in [0.3, 0.4) is 0 Å². The Bertz CT molecular complexity index is 3070. The minimum absolute atomic E-state index is 0.0101. The van der Waals surface area contributed by atoms with Crippen LogP contribution in [0.25, 0.3) is 16.6 Å². The third-order valence-corrected chi connectivity index (χ3v) is 13.1. The summed E-state index contributed by atoms with van der Waals surface area (Å²) in [6.07, 6.45) is 0. The second-order valence-electron chi connectivity index (χ2n) is 20.3. The molecule has 0 aliphatic carbocycles. The zero-order valence-electron chi connectivity index (χ0n) is 37.2. The minimum atomic E-state index is -0.118. The standard InChI is InChI=1S/C56H52BN3O2/c1-54(2,3)35-22-27-39(28-23-35)58-43-31-26-37(56(7,8)9)32-42(43)57-51-44(58)18-15-19-45(51)59(40-29-24-36(25-30-40)55(4,5)6)52-41-33-49-50(62-48-21-14-13-20-47(48)61-49)34-46(41)60(53(52)57)38-16-11-10-12-17-38/h10-34H,1-9H3. The van der Waals surface area contributed by atoms with Gasteiger partial charge in [0.05, 0.1) is 11.2 Å². The molecule has 5 nitrogen and oxygen atoms in total. The van der Waals surface area contributed by atoms with Crippen molar-refractivity contribution in [3.8, 4) is 28.7 Å². The Morgan fingerprint density at radius 2 is 0.935 bits per heavy atom. The Labute approximate surface area is 366 Å². The maximum Gasteiger partial charge on any atom is 0.273 e. The topological polar surface area (TPSA) is 29.9 Å². The quantitative estimate of drug-likeness (QED) is 0.166. The molecule has 8 aromatic rings. The minimum Gasteiger partial charge on any atom is -0.449 e. The van der Waals surface area contributed by atoms with Gasteiger partial charge in [0.25, 0.3) is 6.71 Å². The van der Waals surface area contributed by atoms with Crippen LogP contribution in [0, 0.1) is 0 Å². The van der Waals surface area contributed by atoms with Crippen LogP contribution in [0.15, 0.2) is 152 Å². The maximum absolute atomic E-state index is 6.68. The first-order valence-corrected chi connectivity index (χ1v) is 22.0. The molecule has 62 heavy (non-hydrogen) atoms. The second-order valence-corrected chi connectivity index (χ2v) is 20.3. The fraction of sp³-hybridized carbons (Fsp3) is 0.214. The lowest BCUT2D eigenvalue weighted by Gasteiger charge is -2.44. The van der Waals surface area contributed by atoms with Crippen molar-refractivity contribution in [2.75, 3.05) is 9.80 Å². The van der Waals surface area contributed by atoms with Gasteiger partial charge in [-0.2, -0.15) is 0 Å². The van der Waals surface area contributed by atoms with E-state index in [1.807, 2.05) is 24.3 Å². The third-order valence-electron chi connectivity index (χ3n) is 13.1. The van der Waals surface area contributed by atoms with Gasteiger partial charge in [0.2, 0.25) is 0 Å². The molecule has 0 saturated carbocycles. The molecule has 0 fully saturated rings. The highest BCUT2D eigenvalue weighted by Gasteiger charge is 2.47. The lowest BCUT2D eigenvalue weighted by molar-refractivity contribution is 0.360. The van der Waals surface area contributed by atoms with E-state index in [1.165, 1.54) is 50.3 Å². The smallest absolute Gasteiger partial charge is 0.273 e. The van der Waals surface area contributed by atoms with E-state index in [2.05, 4.69) is 204 Å². The van der Waals surface area contributed by atoms with Gasteiger partial charge in [0.15, 0.2) is 23.0 Å². The zero-order valence-corrected chi connectivity index (χ0v) is 37.2. The number of rotatable bonds is 3. The molecule has 0 bridgehead atoms. The summed E-state index contributed by atoms with van der Waals surface area (Å²) in [5, 5.41) is 1.09. The van der Waals surface area contributed by atoms with Gasteiger partial charge in [-0.3, -0.25) is 0 Å². The first kappa shape index (κ1) is 38.3. The highest BCUT2D eigenvalue weighted by Crippen LogP contribution is 2.52. The van der Waals surface area contributed by atoms with Gasteiger partial charge < -0.3 is 23.8 Å². The highest BCUT2D eigenvalue weighted by atomic mass is 16.6. The lowest BCUT2D eigenvalue weighted by Crippen LogP contribution is -2.63. The Kier molecular flexibility index (Phi) is 8.29. The SMILES string of the molecule is CC(C)(C)c1ccc(N2c3ccc(C(C)(C)C)cc3B3c4c2cccc4N(c2ccc(C(C)(C)C)cc2)c2c3n(-c3ccccc3)c3cc4c(cc23)Oc2ccccc2O4)cc1. The molecular weight excluding hydrogens is 757 g/mol. The summed E-state index contributed by atoms with van der Waals surface area (Å²) in [7, 11) is 0. The summed E-state index contributed by atoms with van der Waals surface area (Å²) < 4.78 is 15.8. The van der Waals surface area contributed by atoms with Gasteiger partial charge in [-0.1, -0.05) is 135 Å². The number of ether oxygens (including phenoxy) is 2. The van der Waals surface area contributed by atoms with E-state index in [-0.39, 0.29) is 23.0 Å². The van der Waals surface area contributed by atoms with Crippen molar-refractivity contribution in [1.82, 2.24) is 4.57 Å². The first-order chi connectivity index (χ1) is 29.6. The molecule has 0 radical (unpaired) electrons. The van der Waals surface area contributed by atoms with Crippen molar-refractivity contribution in [1.29, 1.82) is 0 Å². The fourth-order valence-electron chi connectivity index (χ4n) is 9.81. The van der Waals surface area contributed by atoms with Gasteiger partial charge in [-0.25, -0.2) is 0 Å². The number of hydrogen-bond acceptors (Lipinski definition) is 4. The van der Waals surface area contributed by atoms with Crippen LogP contribution in [0.1, 0.15) is 79.0 Å². The Hall–Kier alpha value is -6.66. The molecule has 0 saturated heterocycles. The molecule has 3 aliphatic heterocycles. The maximum atomic E-state index is 6.68. The zero-order chi connectivity index (χ0) is 42.9. The summed E-state index contributed by atoms with van der Waals surface area (Å²) in [6.45, 7) is 20.5. The Balaban J connectivity index is 1.27. The lowest BCUT2D eigenvalue weighted by atomic mass is 9.34. The van der Waals surface area contributed by atoms with Crippen molar-refractivity contribution >= 4 is 68.3 Å². The largest absolute Gasteiger partial charge is 0.449 e. The average molecular weight is 810 g/mol. The Morgan fingerprint density at radius 3 is 1.52 bits per heavy atom. The number of para-hydroxylation sites is 3. The van der Waals surface area contributed by atoms with Crippen LogP contribution in [-0.2, 0) is 16.2 Å². The predicted octanol–water partition coefficient (Wildman–Crippen LogP) is 13.5. The van der Waals surface area contributed by atoms with Crippen LogP contribution in [0.4, 0.5) is 34.1 Å². The van der Waals surface area contributed by atoms with Crippen LogP contribution < -0.4 is 35.8 Å². The summed E-state index contributed by atoms with van der Waals surface area (Å²) in [5.74, 6) is 2.83. The first-order valence-electron chi connectivity index (χ1n) is 22.0. The monoisotopic (exact) mass is 809 g/mol. The molecule has 306 valence electrons. The molecule has 6 heteroatoms. The summed E-state index contributed by atoms with van der Waals surface area (Å²) in [4.78, 5) is 5.02. The number of fused-ring (bicyclic) bond motifs is 8. The second kappa shape index (κ2) is 13.4. The normalized spacial score (nSPS) is 14.0. The number of hydrogen-bond donors (Lipinski definition) is 0. The van der Waals surface area contributed by atoms with Crippen molar-refractivity contribution in [3.05, 3.63) is 168 Å². The van der Waals surface area contributed by atoms with E-state index in [4.69, 9.17) is 9.47 Å². The number of nitrogens with zero attached hydrogens (tertiary/aromatic N) is 3. The van der Waals surface area contributed by atoms with Crippen LogP contribution in [0.2, 0.25) is 0 Å². The van der Waals surface area contributed by atoms with Gasteiger partial charge in [-0.15, -0.1) is 0 Å². The Morgan fingerprint density at radius 1 is 0.419 bits per heavy atom. The van der Waals surface area contributed by atoms with Crippen molar-refractivity contribution in [2.45, 2.75) is 78.6 Å². The number of aromatic nitrogens is 1. The molecule has 4 heterocycles. The average Bonchev–Trinajstić information content (AvgIpc) is 3.57. The fourth-order valence-corrected chi connectivity index (χ4v) is 9.81. The van der Waals surface area contributed by atoms with E-state index in [1.54, 1.807) is 0 Å². The van der Waals surface area contributed by atoms with E-state index in [0.717, 1.165) is 33.7 Å². The molecule has 0 amide bonds. The van der Waals surface area contributed by atoms with Gasteiger partial charge >= 0.3 is 0 Å². The molecule has 7 aromatic carbocycles. The van der Waals surface area contributed by atoms with Crippen LogP contribution >= 0.6 is 0 Å². The summed E-state index contributed by atoms with van der Waals surface area (Å²) in [6, 6.07) is 55.7. The third kappa shape index (κ3) is 5.90. The summed E-state index contributed by atoms with van der Waals surface area (Å²) >= 11 is 0. The van der Waals surface area contributed by atoms with E-state index in [0.29, 0.717) is 23.0 Å². The van der Waals surface area contributed by atoms with Gasteiger partial charge in [0, 0.05) is 51.2 Å². The van der Waals surface area contributed by atoms with Gasteiger partial charge in [-0.05, 0) is 117 Å². The molecule has 0 atom stereocenters. The molecular formula is C56H52BN3O2. The highest BCUT2D eigenvalue weighted by molar-refractivity contribution is 7.00. The van der Waals surface area contributed by atoms with E-state index < -0.39 is 0 Å².